The van der Waals surface area contributed by atoms with E-state index in [0.717, 1.165) is 0 Å². The Labute approximate surface area is 105 Å². The molecule has 0 saturated carbocycles. The molecule has 5 heteroatoms. The van der Waals surface area contributed by atoms with Crippen molar-refractivity contribution in [3.05, 3.63) is 28.8 Å². The lowest BCUT2D eigenvalue weighted by molar-refractivity contribution is 0.00793. The summed E-state index contributed by atoms with van der Waals surface area (Å²) in [6, 6.07) is 4.49. The minimum atomic E-state index is -1.11. The Morgan fingerprint density at radius 2 is 2.18 bits per heavy atom. The maximum atomic E-state index is 11.0. The highest BCUT2D eigenvalue weighted by atomic mass is 35.5. The lowest BCUT2D eigenvalue weighted by Gasteiger charge is -2.22. The van der Waals surface area contributed by atoms with Gasteiger partial charge in [0.25, 0.3) is 0 Å². The summed E-state index contributed by atoms with van der Waals surface area (Å²) in [4.78, 5) is 11.0. The highest BCUT2D eigenvalue weighted by Gasteiger charge is 2.21. The summed E-state index contributed by atoms with van der Waals surface area (Å²) in [6.45, 7) is 3.42. The second kappa shape index (κ2) is 5.38. The molecule has 94 valence electrons. The van der Waals surface area contributed by atoms with Crippen LogP contribution in [-0.4, -0.2) is 28.4 Å². The molecule has 0 aliphatic carbocycles. The van der Waals surface area contributed by atoms with Gasteiger partial charge in [-0.2, -0.15) is 0 Å². The monoisotopic (exact) mass is 258 g/mol. The van der Waals surface area contributed by atoms with Crippen LogP contribution < -0.4 is 4.74 Å². The lowest BCUT2D eigenvalue weighted by Crippen LogP contribution is -2.31. The van der Waals surface area contributed by atoms with Crippen molar-refractivity contribution in [2.45, 2.75) is 25.9 Å². The highest BCUT2D eigenvalue weighted by molar-refractivity contribution is 6.32. The fourth-order valence-electron chi connectivity index (χ4n) is 1.15. The van der Waals surface area contributed by atoms with E-state index >= 15 is 0 Å². The molecule has 0 aliphatic rings. The first-order valence-corrected chi connectivity index (χ1v) is 5.62. The Kier molecular flexibility index (Phi) is 4.37. The molecule has 0 radical (unpaired) electrons. The van der Waals surface area contributed by atoms with E-state index in [0.29, 0.717) is 6.42 Å². The Hall–Kier alpha value is -1.26. The summed E-state index contributed by atoms with van der Waals surface area (Å²) in [6.07, 6.45) is 0.500. The number of aromatic carboxylic acids is 1. The Bertz CT molecular complexity index is 415. The van der Waals surface area contributed by atoms with E-state index in [1.54, 1.807) is 13.0 Å². The van der Waals surface area contributed by atoms with E-state index in [4.69, 9.17) is 21.4 Å². The molecule has 0 spiro atoms. The summed E-state index contributed by atoms with van der Waals surface area (Å²) in [5.74, 6) is -1.02. The minimum absolute atomic E-state index is 0.00644. The zero-order chi connectivity index (χ0) is 13.1. The summed E-state index contributed by atoms with van der Waals surface area (Å²) in [7, 11) is 0. The van der Waals surface area contributed by atoms with Crippen molar-refractivity contribution in [2.24, 2.45) is 0 Å². The predicted octanol–water partition coefficient (Wildman–Crippen LogP) is 2.58. The van der Waals surface area contributed by atoms with Crippen molar-refractivity contribution < 1.29 is 19.7 Å². The van der Waals surface area contributed by atoms with Crippen LogP contribution >= 0.6 is 11.6 Å². The smallest absolute Gasteiger partial charge is 0.339 e. The molecule has 0 bridgehead atoms. The van der Waals surface area contributed by atoms with Crippen LogP contribution in [0.3, 0.4) is 0 Å². The van der Waals surface area contributed by atoms with E-state index in [1.165, 1.54) is 12.1 Å². The van der Waals surface area contributed by atoms with Crippen molar-refractivity contribution in [2.75, 3.05) is 6.61 Å². The van der Waals surface area contributed by atoms with Crippen LogP contribution in [0.2, 0.25) is 5.02 Å². The van der Waals surface area contributed by atoms with Crippen molar-refractivity contribution >= 4 is 17.6 Å². The van der Waals surface area contributed by atoms with Crippen molar-refractivity contribution in [3.8, 4) is 5.75 Å². The van der Waals surface area contributed by atoms with Crippen LogP contribution in [0.1, 0.15) is 30.6 Å². The molecule has 17 heavy (non-hydrogen) atoms. The maximum Gasteiger partial charge on any atom is 0.339 e. The van der Waals surface area contributed by atoms with Gasteiger partial charge in [-0.25, -0.2) is 4.79 Å². The third kappa shape index (κ3) is 3.61. The molecule has 0 amide bonds. The Morgan fingerprint density at radius 3 is 2.71 bits per heavy atom. The molecule has 1 atom stereocenters. The molecule has 0 fully saturated rings. The number of carboxylic acid groups (broad SMARTS) is 1. The first-order chi connectivity index (χ1) is 7.87. The summed E-state index contributed by atoms with van der Waals surface area (Å²) in [5, 5.41) is 19.0. The van der Waals surface area contributed by atoms with Gasteiger partial charge in [0.2, 0.25) is 0 Å². The summed E-state index contributed by atoms with van der Waals surface area (Å²) in [5.41, 5.74) is -1.01. The van der Waals surface area contributed by atoms with Gasteiger partial charge < -0.3 is 14.9 Å². The number of aliphatic hydroxyl groups is 1. The standard InChI is InChI=1S/C12H15ClO4/c1-3-12(2,16)7-17-10-8(11(14)15)5-4-6-9(10)13/h4-6,16H,3,7H2,1-2H3,(H,14,15). The van der Waals surface area contributed by atoms with Gasteiger partial charge in [-0.3, -0.25) is 0 Å². The van der Waals surface area contributed by atoms with E-state index in [2.05, 4.69) is 0 Å². The molecular formula is C12H15ClO4. The Morgan fingerprint density at radius 1 is 1.53 bits per heavy atom. The number of ether oxygens (including phenoxy) is 1. The lowest BCUT2D eigenvalue weighted by atomic mass is 10.1. The number of hydrogen-bond donors (Lipinski definition) is 2. The number of carbonyl (C=O) groups is 1. The molecule has 0 heterocycles. The number of carboxylic acids is 1. The highest BCUT2D eigenvalue weighted by Crippen LogP contribution is 2.29. The van der Waals surface area contributed by atoms with Gasteiger partial charge >= 0.3 is 5.97 Å². The first kappa shape index (κ1) is 13.8. The molecule has 1 aromatic carbocycles. The van der Waals surface area contributed by atoms with Gasteiger partial charge in [0.15, 0.2) is 5.75 Å². The molecule has 1 rings (SSSR count). The number of rotatable bonds is 5. The van der Waals surface area contributed by atoms with Gasteiger partial charge in [0.1, 0.15) is 12.2 Å². The van der Waals surface area contributed by atoms with Crippen LogP contribution in [-0.2, 0) is 0 Å². The van der Waals surface area contributed by atoms with E-state index < -0.39 is 11.6 Å². The zero-order valence-corrected chi connectivity index (χ0v) is 10.5. The maximum absolute atomic E-state index is 11.0. The van der Waals surface area contributed by atoms with Crippen molar-refractivity contribution in [1.29, 1.82) is 0 Å². The number of benzene rings is 1. The van der Waals surface area contributed by atoms with Crippen LogP contribution in [0.4, 0.5) is 0 Å². The van der Waals surface area contributed by atoms with Gasteiger partial charge in [0.05, 0.1) is 10.6 Å². The molecule has 0 aromatic heterocycles. The van der Waals surface area contributed by atoms with E-state index in [1.807, 2.05) is 6.92 Å². The fourth-order valence-corrected chi connectivity index (χ4v) is 1.38. The molecule has 0 aliphatic heterocycles. The molecule has 1 aromatic rings. The predicted molar refractivity (Wildman–Crippen MR) is 64.8 cm³/mol. The molecule has 2 N–H and O–H groups in total. The van der Waals surface area contributed by atoms with E-state index in [-0.39, 0.29) is 22.9 Å². The van der Waals surface area contributed by atoms with Gasteiger partial charge in [-0.1, -0.05) is 24.6 Å². The minimum Gasteiger partial charge on any atom is -0.488 e. The number of hydrogen-bond acceptors (Lipinski definition) is 3. The fraction of sp³-hybridized carbons (Fsp3) is 0.417. The third-order valence-corrected chi connectivity index (χ3v) is 2.78. The second-order valence-corrected chi connectivity index (χ2v) is 4.47. The summed E-state index contributed by atoms with van der Waals surface area (Å²) < 4.78 is 5.32. The molecular weight excluding hydrogens is 244 g/mol. The SMILES string of the molecule is CCC(C)(O)COc1c(Cl)cccc1C(=O)O. The number of para-hydroxylation sites is 1. The zero-order valence-electron chi connectivity index (χ0n) is 9.74. The molecule has 1 unspecified atom stereocenters. The Balaban J connectivity index is 2.94. The van der Waals surface area contributed by atoms with Crippen LogP contribution in [0.5, 0.6) is 5.75 Å². The van der Waals surface area contributed by atoms with E-state index in [9.17, 15) is 9.90 Å². The molecule has 4 nitrogen and oxygen atoms in total. The van der Waals surface area contributed by atoms with Gasteiger partial charge in [-0.15, -0.1) is 0 Å². The van der Waals surface area contributed by atoms with Gasteiger partial charge in [0, 0.05) is 0 Å². The quantitative estimate of drug-likeness (QED) is 0.852. The van der Waals surface area contributed by atoms with Crippen LogP contribution in [0.15, 0.2) is 18.2 Å². The largest absolute Gasteiger partial charge is 0.488 e. The third-order valence-electron chi connectivity index (χ3n) is 2.49. The normalized spacial score (nSPS) is 14.1. The molecule has 0 saturated heterocycles. The second-order valence-electron chi connectivity index (χ2n) is 4.06. The van der Waals surface area contributed by atoms with Crippen LogP contribution in [0.25, 0.3) is 0 Å². The summed E-state index contributed by atoms with van der Waals surface area (Å²) >= 11 is 5.88. The topological polar surface area (TPSA) is 66.8 Å². The van der Waals surface area contributed by atoms with Gasteiger partial charge in [-0.05, 0) is 25.5 Å². The van der Waals surface area contributed by atoms with Crippen molar-refractivity contribution in [1.82, 2.24) is 0 Å². The first-order valence-electron chi connectivity index (χ1n) is 5.24. The average Bonchev–Trinajstić information content (AvgIpc) is 2.27. The van der Waals surface area contributed by atoms with Crippen LogP contribution in [0, 0.1) is 0 Å². The average molecular weight is 259 g/mol. The number of halogens is 1. The van der Waals surface area contributed by atoms with Crippen molar-refractivity contribution in [3.63, 3.8) is 0 Å².